The van der Waals surface area contributed by atoms with E-state index in [-0.39, 0.29) is 5.54 Å². The van der Waals surface area contributed by atoms with Crippen molar-refractivity contribution in [3.05, 3.63) is 41.1 Å². The van der Waals surface area contributed by atoms with E-state index < -0.39 is 6.10 Å². The Labute approximate surface area is 132 Å². The van der Waals surface area contributed by atoms with Crippen LogP contribution in [0.1, 0.15) is 51.7 Å². The molecule has 22 heavy (non-hydrogen) atoms. The summed E-state index contributed by atoms with van der Waals surface area (Å²) >= 11 is 0. The highest BCUT2D eigenvalue weighted by Crippen LogP contribution is 2.18. The van der Waals surface area contributed by atoms with E-state index in [1.807, 2.05) is 51.1 Å². The van der Waals surface area contributed by atoms with E-state index in [1.54, 1.807) is 7.05 Å². The Morgan fingerprint density at radius 1 is 1.27 bits per heavy atom. The molecule has 1 aromatic rings. The van der Waals surface area contributed by atoms with Gasteiger partial charge in [0.2, 0.25) is 5.28 Å². The van der Waals surface area contributed by atoms with Crippen molar-refractivity contribution in [3.8, 4) is 0 Å². The number of rotatable bonds is 8. The second-order valence-electron chi connectivity index (χ2n) is 6.28. The molecule has 1 aromatic carbocycles. The molecule has 0 amide bonds. The maximum atomic E-state index is 11.6. The molecule has 1 unspecified atom stereocenters. The molecule has 1 rings (SSSR count). The summed E-state index contributed by atoms with van der Waals surface area (Å²) in [6.45, 7) is 6.10. The van der Waals surface area contributed by atoms with Gasteiger partial charge in [0.15, 0.2) is 0 Å². The minimum atomic E-state index is -0.457. The van der Waals surface area contributed by atoms with Gasteiger partial charge in [-0.05, 0) is 45.6 Å². The third kappa shape index (κ3) is 6.30. The SMILES string of the molecule is CN(/[N+]([O-])=N/OCCCCC(O)c1ccccc1)C(C)(C)C. The predicted molar refractivity (Wildman–Crippen MR) is 84.8 cm³/mol. The average Bonchev–Trinajstić information content (AvgIpc) is 2.49. The van der Waals surface area contributed by atoms with Crippen molar-refractivity contribution in [1.82, 2.24) is 5.01 Å². The predicted octanol–water partition coefficient (Wildman–Crippen LogP) is 3.43. The molecule has 0 bridgehead atoms. The van der Waals surface area contributed by atoms with Crippen LogP contribution in [0.4, 0.5) is 0 Å². The Morgan fingerprint density at radius 2 is 1.91 bits per heavy atom. The van der Waals surface area contributed by atoms with Gasteiger partial charge in [-0.15, -0.1) is 5.01 Å². The highest BCUT2D eigenvalue weighted by Gasteiger charge is 2.24. The molecule has 0 aliphatic rings. The quantitative estimate of drug-likeness (QED) is 0.346. The lowest BCUT2D eigenvalue weighted by Crippen LogP contribution is -2.42. The van der Waals surface area contributed by atoms with Gasteiger partial charge in [0.1, 0.15) is 6.61 Å². The molecule has 0 heterocycles. The van der Waals surface area contributed by atoms with Crippen molar-refractivity contribution in [2.75, 3.05) is 13.7 Å². The maximum Gasteiger partial charge on any atom is 0.233 e. The zero-order chi connectivity index (χ0) is 16.6. The molecule has 0 radical (unpaired) electrons. The molecule has 0 saturated carbocycles. The normalized spacial score (nSPS) is 13.8. The minimum Gasteiger partial charge on any atom is -0.569 e. The molecule has 124 valence electrons. The van der Waals surface area contributed by atoms with E-state index in [1.165, 1.54) is 5.01 Å². The third-order valence-electron chi connectivity index (χ3n) is 3.50. The summed E-state index contributed by atoms with van der Waals surface area (Å²) in [6, 6.07) is 9.57. The second-order valence-corrected chi connectivity index (χ2v) is 6.28. The number of nitrogens with zero attached hydrogens (tertiary/aromatic N) is 3. The van der Waals surface area contributed by atoms with E-state index in [0.717, 1.165) is 18.4 Å². The van der Waals surface area contributed by atoms with Crippen molar-refractivity contribution in [2.24, 2.45) is 5.28 Å². The average molecular weight is 309 g/mol. The van der Waals surface area contributed by atoms with Crippen molar-refractivity contribution in [1.29, 1.82) is 0 Å². The molecule has 0 aliphatic heterocycles. The van der Waals surface area contributed by atoms with E-state index in [2.05, 4.69) is 5.28 Å². The van der Waals surface area contributed by atoms with E-state index in [4.69, 9.17) is 4.84 Å². The maximum absolute atomic E-state index is 11.6. The zero-order valence-electron chi connectivity index (χ0n) is 13.9. The molecular formula is C16H27N3O3. The Kier molecular flexibility index (Phi) is 7.11. The highest BCUT2D eigenvalue weighted by molar-refractivity contribution is 5.16. The molecule has 0 spiro atoms. The molecule has 1 atom stereocenters. The number of hydrogen-bond acceptors (Lipinski definition) is 4. The van der Waals surface area contributed by atoms with Crippen LogP contribution in [-0.2, 0) is 4.84 Å². The Bertz CT molecular complexity index is 457. The third-order valence-corrected chi connectivity index (χ3v) is 3.50. The van der Waals surface area contributed by atoms with Crippen LogP contribution in [0.25, 0.3) is 0 Å². The fraction of sp³-hybridized carbons (Fsp3) is 0.625. The number of hydrazine groups is 1. The van der Waals surface area contributed by atoms with Gasteiger partial charge in [0.25, 0.3) is 0 Å². The fourth-order valence-corrected chi connectivity index (χ4v) is 1.75. The lowest BCUT2D eigenvalue weighted by Gasteiger charge is -2.26. The molecule has 0 fully saturated rings. The van der Waals surface area contributed by atoms with Gasteiger partial charge in [-0.1, -0.05) is 30.3 Å². The van der Waals surface area contributed by atoms with E-state index in [0.29, 0.717) is 18.0 Å². The summed E-state index contributed by atoms with van der Waals surface area (Å²) in [5.74, 6) is 0. The second kappa shape index (κ2) is 8.58. The number of hydrogen-bond donors (Lipinski definition) is 1. The summed E-state index contributed by atoms with van der Waals surface area (Å²) in [7, 11) is 1.66. The summed E-state index contributed by atoms with van der Waals surface area (Å²) in [5.41, 5.74) is 0.611. The van der Waals surface area contributed by atoms with Crippen LogP contribution in [0.3, 0.4) is 0 Å². The van der Waals surface area contributed by atoms with Crippen LogP contribution in [0.2, 0.25) is 0 Å². The first-order valence-corrected chi connectivity index (χ1v) is 7.59. The van der Waals surface area contributed by atoms with Gasteiger partial charge in [-0.3, -0.25) is 0 Å². The number of aliphatic hydroxyl groups is 1. The Morgan fingerprint density at radius 3 is 2.50 bits per heavy atom. The largest absolute Gasteiger partial charge is 0.569 e. The van der Waals surface area contributed by atoms with Gasteiger partial charge < -0.3 is 15.2 Å². The zero-order valence-corrected chi connectivity index (χ0v) is 13.9. The standard InChI is InChI=1S/C16H27N3O3/c1-16(2,3)18(4)19(21)17-22-13-9-8-12-15(20)14-10-6-5-7-11-14/h5-7,10-11,15,20H,8-9,12-13H2,1-4H3/b19-17-. The smallest absolute Gasteiger partial charge is 0.233 e. The van der Waals surface area contributed by atoms with Gasteiger partial charge in [0, 0.05) is 0 Å². The Balaban J connectivity index is 2.21. The molecule has 0 aromatic heterocycles. The molecule has 6 heteroatoms. The summed E-state index contributed by atoms with van der Waals surface area (Å²) in [4.78, 5) is 5.47. The topological polar surface area (TPSA) is 71.1 Å². The van der Waals surface area contributed by atoms with Crippen molar-refractivity contribution >= 4 is 0 Å². The first-order valence-electron chi connectivity index (χ1n) is 7.59. The van der Waals surface area contributed by atoms with Crippen LogP contribution in [0, 0.1) is 5.21 Å². The van der Waals surface area contributed by atoms with Crippen molar-refractivity contribution in [2.45, 2.75) is 51.7 Å². The van der Waals surface area contributed by atoms with Crippen LogP contribution in [0.5, 0.6) is 0 Å². The molecule has 6 nitrogen and oxygen atoms in total. The lowest BCUT2D eigenvalue weighted by atomic mass is 10.0. The monoisotopic (exact) mass is 309 g/mol. The van der Waals surface area contributed by atoms with Gasteiger partial charge in [-0.25, -0.2) is 0 Å². The van der Waals surface area contributed by atoms with Gasteiger partial charge >= 0.3 is 0 Å². The molecule has 0 saturated heterocycles. The first kappa shape index (κ1) is 18.2. The van der Waals surface area contributed by atoms with Crippen molar-refractivity contribution in [3.63, 3.8) is 0 Å². The first-order chi connectivity index (χ1) is 10.3. The molecular weight excluding hydrogens is 282 g/mol. The molecule has 0 aliphatic carbocycles. The van der Waals surface area contributed by atoms with Crippen molar-refractivity contribution < 1.29 is 14.9 Å². The minimum absolute atomic E-state index is 0.311. The number of benzene rings is 1. The Hall–Kier alpha value is -1.82. The van der Waals surface area contributed by atoms with Crippen LogP contribution >= 0.6 is 0 Å². The van der Waals surface area contributed by atoms with Crippen LogP contribution < -0.4 is 0 Å². The van der Waals surface area contributed by atoms with Gasteiger partial charge in [-0.2, -0.15) is 0 Å². The molecule has 1 N–H and O–H groups in total. The van der Waals surface area contributed by atoms with Crippen LogP contribution in [0.15, 0.2) is 35.6 Å². The van der Waals surface area contributed by atoms with Crippen LogP contribution in [-0.4, -0.2) is 34.3 Å². The van der Waals surface area contributed by atoms with E-state index >= 15 is 0 Å². The fourth-order valence-electron chi connectivity index (χ4n) is 1.75. The summed E-state index contributed by atoms with van der Waals surface area (Å²) in [6.07, 6.45) is 1.75. The summed E-state index contributed by atoms with van der Waals surface area (Å²) in [5, 5.41) is 26.6. The van der Waals surface area contributed by atoms with Gasteiger partial charge in [0.05, 0.1) is 23.7 Å². The lowest BCUT2D eigenvalue weighted by molar-refractivity contribution is -0.719. The number of unbranched alkanes of at least 4 members (excludes halogenated alkanes) is 1. The van der Waals surface area contributed by atoms with E-state index in [9.17, 15) is 10.3 Å². The highest BCUT2D eigenvalue weighted by atomic mass is 16.7. The number of aliphatic hydroxyl groups excluding tert-OH is 1. The summed E-state index contributed by atoms with van der Waals surface area (Å²) < 4.78 is 0.